The Bertz CT molecular complexity index is 251. The minimum atomic E-state index is -0.0677. The lowest BCUT2D eigenvalue weighted by atomic mass is 9.92. The second-order valence-corrected chi connectivity index (χ2v) is 5.04. The molecule has 0 radical (unpaired) electrons. The molecule has 16 heavy (non-hydrogen) atoms. The van der Waals surface area contributed by atoms with Crippen molar-refractivity contribution in [3.8, 4) is 0 Å². The Hall–Kier alpha value is -0.610. The minimum Gasteiger partial charge on any atom is -0.343 e. The summed E-state index contributed by atoms with van der Waals surface area (Å²) in [7, 11) is 1.88. The molecule has 0 aromatic rings. The van der Waals surface area contributed by atoms with E-state index in [1.54, 1.807) is 0 Å². The Morgan fingerprint density at radius 1 is 1.25 bits per heavy atom. The average molecular weight is 225 g/mol. The van der Waals surface area contributed by atoms with Crippen LogP contribution in [0.2, 0.25) is 0 Å². The molecule has 2 rings (SSSR count). The van der Waals surface area contributed by atoms with Crippen LogP contribution >= 0.6 is 0 Å². The molecule has 1 saturated heterocycles. The molecule has 1 saturated carbocycles. The third kappa shape index (κ3) is 2.23. The summed E-state index contributed by atoms with van der Waals surface area (Å²) in [5.74, 6) is 0.208. The maximum absolute atomic E-state index is 12.0. The molecular weight excluding hydrogens is 202 g/mol. The van der Waals surface area contributed by atoms with E-state index in [0.29, 0.717) is 12.6 Å². The van der Waals surface area contributed by atoms with E-state index in [-0.39, 0.29) is 11.9 Å². The number of likely N-dealkylation sites (N-methyl/N-ethyl adjacent to an activating group) is 1. The number of nitrogens with zero attached hydrogens (tertiary/aromatic N) is 2. The summed E-state index contributed by atoms with van der Waals surface area (Å²) >= 11 is 0. The van der Waals surface area contributed by atoms with Gasteiger partial charge in [-0.15, -0.1) is 0 Å². The van der Waals surface area contributed by atoms with Crippen LogP contribution in [-0.4, -0.2) is 54.5 Å². The highest BCUT2D eigenvalue weighted by molar-refractivity contribution is 5.82. The topological polar surface area (TPSA) is 49.6 Å². The highest BCUT2D eigenvalue weighted by atomic mass is 16.2. The van der Waals surface area contributed by atoms with Crippen molar-refractivity contribution < 1.29 is 4.79 Å². The molecule has 2 aliphatic rings. The fourth-order valence-corrected chi connectivity index (χ4v) is 3.01. The van der Waals surface area contributed by atoms with Crippen LogP contribution in [0.1, 0.15) is 32.1 Å². The molecule has 0 aromatic carbocycles. The zero-order chi connectivity index (χ0) is 11.5. The summed E-state index contributed by atoms with van der Waals surface area (Å²) in [5, 5.41) is 0. The number of piperazine rings is 1. The molecule has 0 spiro atoms. The van der Waals surface area contributed by atoms with Gasteiger partial charge in [-0.05, 0) is 12.8 Å². The fraction of sp³-hybridized carbons (Fsp3) is 0.917. The highest BCUT2D eigenvalue weighted by Crippen LogP contribution is 2.25. The number of carbonyl (C=O) groups excluding carboxylic acids is 1. The van der Waals surface area contributed by atoms with E-state index in [2.05, 4.69) is 4.90 Å². The summed E-state index contributed by atoms with van der Waals surface area (Å²) in [6, 6.07) is 0.529. The van der Waals surface area contributed by atoms with Crippen molar-refractivity contribution in [1.29, 1.82) is 0 Å². The molecule has 0 aromatic heterocycles. The van der Waals surface area contributed by atoms with Gasteiger partial charge >= 0.3 is 0 Å². The summed E-state index contributed by atoms with van der Waals surface area (Å²) < 4.78 is 0. The van der Waals surface area contributed by atoms with E-state index in [4.69, 9.17) is 5.73 Å². The zero-order valence-electron chi connectivity index (χ0n) is 10.2. The van der Waals surface area contributed by atoms with E-state index in [1.807, 2.05) is 11.9 Å². The minimum absolute atomic E-state index is 0.0677. The number of hydrogen-bond donors (Lipinski definition) is 1. The van der Waals surface area contributed by atoms with Crippen LogP contribution in [0.15, 0.2) is 0 Å². The van der Waals surface area contributed by atoms with Crippen molar-refractivity contribution >= 4 is 5.91 Å². The number of rotatable bonds is 2. The number of nitrogens with two attached hydrogens (primary N) is 1. The highest BCUT2D eigenvalue weighted by Gasteiger charge is 2.36. The second kappa shape index (κ2) is 5.15. The summed E-state index contributed by atoms with van der Waals surface area (Å²) in [6.45, 7) is 2.31. The van der Waals surface area contributed by atoms with Crippen LogP contribution in [0.25, 0.3) is 0 Å². The average Bonchev–Trinajstić information content (AvgIpc) is 2.33. The lowest BCUT2D eigenvalue weighted by Gasteiger charge is -2.44. The summed E-state index contributed by atoms with van der Waals surface area (Å²) in [5.41, 5.74) is 5.76. The molecule has 1 heterocycles. The van der Waals surface area contributed by atoms with E-state index >= 15 is 0 Å². The van der Waals surface area contributed by atoms with Gasteiger partial charge in [0.25, 0.3) is 0 Å². The predicted molar refractivity (Wildman–Crippen MR) is 64.1 cm³/mol. The van der Waals surface area contributed by atoms with Crippen molar-refractivity contribution in [3.63, 3.8) is 0 Å². The van der Waals surface area contributed by atoms with Gasteiger partial charge in [0.05, 0.1) is 0 Å². The Morgan fingerprint density at radius 2 is 1.94 bits per heavy atom. The van der Waals surface area contributed by atoms with Gasteiger partial charge in [-0.2, -0.15) is 0 Å². The van der Waals surface area contributed by atoms with Crippen molar-refractivity contribution in [1.82, 2.24) is 9.80 Å². The number of carbonyl (C=O) groups is 1. The van der Waals surface area contributed by atoms with Crippen molar-refractivity contribution in [2.24, 2.45) is 5.73 Å². The van der Waals surface area contributed by atoms with E-state index in [1.165, 1.54) is 32.1 Å². The van der Waals surface area contributed by atoms with E-state index in [9.17, 15) is 4.79 Å². The van der Waals surface area contributed by atoms with E-state index < -0.39 is 0 Å². The van der Waals surface area contributed by atoms with Gasteiger partial charge in [0.2, 0.25) is 5.91 Å². The normalized spacial score (nSPS) is 29.8. The van der Waals surface area contributed by atoms with Crippen LogP contribution in [0.5, 0.6) is 0 Å². The van der Waals surface area contributed by atoms with Gasteiger partial charge in [0.15, 0.2) is 0 Å². The Balaban J connectivity index is 2.04. The molecule has 2 fully saturated rings. The standard InChI is InChI=1S/C12H23N3O/c1-14-7-8-15(11(9-13)12(14)16)10-5-3-2-4-6-10/h10-11H,2-9,13H2,1H3. The van der Waals surface area contributed by atoms with Gasteiger partial charge in [-0.25, -0.2) is 0 Å². The zero-order valence-corrected chi connectivity index (χ0v) is 10.2. The molecule has 1 atom stereocenters. The van der Waals surface area contributed by atoms with Gasteiger partial charge in [-0.1, -0.05) is 19.3 Å². The van der Waals surface area contributed by atoms with Gasteiger partial charge in [-0.3, -0.25) is 9.69 Å². The molecule has 0 bridgehead atoms. The Labute approximate surface area is 97.8 Å². The van der Waals surface area contributed by atoms with Crippen LogP contribution in [0.4, 0.5) is 0 Å². The summed E-state index contributed by atoms with van der Waals surface area (Å²) in [4.78, 5) is 16.2. The molecule has 1 aliphatic heterocycles. The van der Waals surface area contributed by atoms with Gasteiger partial charge in [0.1, 0.15) is 6.04 Å². The smallest absolute Gasteiger partial charge is 0.241 e. The lowest BCUT2D eigenvalue weighted by Crippen LogP contribution is -2.61. The Morgan fingerprint density at radius 3 is 2.56 bits per heavy atom. The van der Waals surface area contributed by atoms with Crippen LogP contribution in [-0.2, 0) is 4.79 Å². The number of amides is 1. The van der Waals surface area contributed by atoms with Crippen molar-refractivity contribution in [2.45, 2.75) is 44.2 Å². The third-order valence-corrected chi connectivity index (χ3v) is 4.02. The monoisotopic (exact) mass is 225 g/mol. The Kier molecular flexibility index (Phi) is 3.82. The first-order valence-corrected chi connectivity index (χ1v) is 6.45. The SMILES string of the molecule is CN1CCN(C2CCCCC2)C(CN)C1=O. The van der Waals surface area contributed by atoms with Crippen molar-refractivity contribution in [3.05, 3.63) is 0 Å². The first-order valence-electron chi connectivity index (χ1n) is 6.45. The molecule has 1 aliphatic carbocycles. The fourth-order valence-electron chi connectivity index (χ4n) is 3.01. The van der Waals surface area contributed by atoms with Crippen LogP contribution < -0.4 is 5.73 Å². The van der Waals surface area contributed by atoms with Crippen LogP contribution in [0.3, 0.4) is 0 Å². The second-order valence-electron chi connectivity index (χ2n) is 5.04. The largest absolute Gasteiger partial charge is 0.343 e. The lowest BCUT2D eigenvalue weighted by molar-refractivity contribution is -0.141. The van der Waals surface area contributed by atoms with Crippen molar-refractivity contribution in [2.75, 3.05) is 26.7 Å². The predicted octanol–water partition coefficient (Wildman–Crippen LogP) is 0.420. The summed E-state index contributed by atoms with van der Waals surface area (Å²) in [6.07, 6.45) is 6.46. The molecule has 4 heteroatoms. The quantitative estimate of drug-likeness (QED) is 0.741. The molecule has 1 unspecified atom stereocenters. The molecule has 92 valence electrons. The number of hydrogen-bond acceptors (Lipinski definition) is 3. The molecule has 1 amide bonds. The molecule has 4 nitrogen and oxygen atoms in total. The van der Waals surface area contributed by atoms with Gasteiger partial charge in [0, 0.05) is 32.7 Å². The first-order chi connectivity index (χ1) is 7.74. The maximum Gasteiger partial charge on any atom is 0.241 e. The van der Waals surface area contributed by atoms with E-state index in [0.717, 1.165) is 13.1 Å². The molecular formula is C12H23N3O. The third-order valence-electron chi connectivity index (χ3n) is 4.02. The first kappa shape index (κ1) is 11.9. The maximum atomic E-state index is 12.0. The van der Waals surface area contributed by atoms with Crippen LogP contribution in [0, 0.1) is 0 Å². The van der Waals surface area contributed by atoms with Gasteiger partial charge < -0.3 is 10.6 Å². The molecule has 2 N–H and O–H groups in total.